The standard InChI is InChI=1S/C37H49N5O/c1-23(2)33-34(24(3)4)41-21-30(43-29-15-13-14-28(19-29)42-22-40(12)25(5)26(42)6)20-31(35(41)39-33)37(10,11)32-18-27(16-17-38-32)36(7,8)9/h13-21,23-24H,22H2,1-12H3. The third-order valence-corrected chi connectivity index (χ3v) is 9.01. The van der Waals surface area contributed by atoms with E-state index in [0.29, 0.717) is 11.8 Å². The summed E-state index contributed by atoms with van der Waals surface area (Å²) in [5.41, 5.74) is 10.0. The Balaban J connectivity index is 1.66. The van der Waals surface area contributed by atoms with Gasteiger partial charge in [0.15, 0.2) is 0 Å². The Kier molecular flexibility index (Phi) is 7.87. The minimum absolute atomic E-state index is 0.0260. The molecule has 0 bridgehead atoms. The van der Waals surface area contributed by atoms with E-state index in [1.165, 1.54) is 22.7 Å². The molecular weight excluding hydrogens is 530 g/mol. The zero-order valence-corrected chi connectivity index (χ0v) is 28.2. The number of pyridine rings is 2. The van der Waals surface area contributed by atoms with Gasteiger partial charge in [0.2, 0.25) is 0 Å². The molecule has 0 radical (unpaired) electrons. The number of allylic oxidation sites excluding steroid dienone is 2. The molecule has 228 valence electrons. The third kappa shape index (κ3) is 5.64. The molecule has 4 aromatic rings. The second-order valence-corrected chi connectivity index (χ2v) is 14.3. The van der Waals surface area contributed by atoms with Crippen LogP contribution in [0.3, 0.4) is 0 Å². The first-order valence-corrected chi connectivity index (χ1v) is 15.6. The average Bonchev–Trinajstić information content (AvgIpc) is 3.45. The molecule has 0 spiro atoms. The highest BCUT2D eigenvalue weighted by molar-refractivity contribution is 5.61. The first-order valence-electron chi connectivity index (χ1n) is 15.6. The normalized spacial score (nSPS) is 14.7. The highest BCUT2D eigenvalue weighted by Crippen LogP contribution is 2.40. The van der Waals surface area contributed by atoms with Gasteiger partial charge < -0.3 is 14.5 Å². The highest BCUT2D eigenvalue weighted by Gasteiger charge is 2.32. The van der Waals surface area contributed by atoms with E-state index in [4.69, 9.17) is 14.7 Å². The molecule has 6 nitrogen and oxygen atoms in total. The van der Waals surface area contributed by atoms with Gasteiger partial charge in [-0.3, -0.25) is 9.38 Å². The zero-order chi connectivity index (χ0) is 31.4. The van der Waals surface area contributed by atoms with Crippen molar-refractivity contribution < 1.29 is 4.74 Å². The van der Waals surface area contributed by atoms with Crippen molar-refractivity contribution >= 4 is 11.3 Å². The number of aromatic nitrogens is 3. The minimum atomic E-state index is -0.419. The van der Waals surface area contributed by atoms with Crippen LogP contribution in [0.2, 0.25) is 0 Å². The molecule has 0 amide bonds. The van der Waals surface area contributed by atoms with Crippen LogP contribution in [0.25, 0.3) is 5.65 Å². The van der Waals surface area contributed by atoms with E-state index in [1.807, 2.05) is 12.3 Å². The van der Waals surface area contributed by atoms with Gasteiger partial charge in [-0.25, -0.2) is 4.98 Å². The number of benzene rings is 1. The molecule has 1 aliphatic rings. The van der Waals surface area contributed by atoms with Crippen LogP contribution in [0.4, 0.5) is 5.69 Å². The maximum absolute atomic E-state index is 6.70. The summed E-state index contributed by atoms with van der Waals surface area (Å²) in [6.45, 7) is 25.4. The third-order valence-electron chi connectivity index (χ3n) is 9.01. The fourth-order valence-electron chi connectivity index (χ4n) is 6.07. The lowest BCUT2D eigenvalue weighted by molar-refractivity contribution is 0.458. The van der Waals surface area contributed by atoms with Crippen molar-refractivity contribution in [2.24, 2.45) is 0 Å². The van der Waals surface area contributed by atoms with Crippen molar-refractivity contribution in [2.75, 3.05) is 18.6 Å². The second kappa shape index (κ2) is 11.0. The Morgan fingerprint density at radius 1 is 0.860 bits per heavy atom. The molecule has 0 N–H and O–H groups in total. The van der Waals surface area contributed by atoms with Crippen LogP contribution in [-0.4, -0.2) is 33.0 Å². The average molecular weight is 580 g/mol. The first-order chi connectivity index (χ1) is 20.1. The maximum atomic E-state index is 6.70. The molecule has 0 aliphatic carbocycles. The van der Waals surface area contributed by atoms with E-state index in [9.17, 15) is 0 Å². The lowest BCUT2D eigenvalue weighted by Gasteiger charge is -2.28. The molecule has 1 aliphatic heterocycles. The lowest BCUT2D eigenvalue weighted by atomic mass is 9.79. The van der Waals surface area contributed by atoms with E-state index < -0.39 is 5.41 Å². The molecular formula is C37H49N5O. The van der Waals surface area contributed by atoms with Crippen LogP contribution in [0.15, 0.2) is 66.3 Å². The fraction of sp³-hybridized carbons (Fsp3) is 0.459. The number of anilines is 1. The van der Waals surface area contributed by atoms with Crippen molar-refractivity contribution in [2.45, 2.75) is 98.8 Å². The van der Waals surface area contributed by atoms with Crippen LogP contribution < -0.4 is 9.64 Å². The number of imidazole rings is 1. The van der Waals surface area contributed by atoms with Gasteiger partial charge in [0, 0.05) is 53.1 Å². The number of hydrogen-bond acceptors (Lipinski definition) is 5. The van der Waals surface area contributed by atoms with Gasteiger partial charge >= 0.3 is 0 Å². The quantitative estimate of drug-likeness (QED) is 0.218. The SMILES string of the molecule is CC1=C(C)N(c2cccc(Oc3cc(C(C)(C)c4cc(C(C)(C)C)ccn4)c4nc(C(C)C)c(C(C)C)n4c3)c2)CN1C. The van der Waals surface area contributed by atoms with E-state index >= 15 is 0 Å². The summed E-state index contributed by atoms with van der Waals surface area (Å²) in [6.07, 6.45) is 4.06. The summed E-state index contributed by atoms with van der Waals surface area (Å²) < 4.78 is 8.98. The van der Waals surface area contributed by atoms with Crippen LogP contribution >= 0.6 is 0 Å². The van der Waals surface area contributed by atoms with Gasteiger partial charge in [0.25, 0.3) is 0 Å². The largest absolute Gasteiger partial charge is 0.456 e. The summed E-state index contributed by atoms with van der Waals surface area (Å²) in [6, 6.07) is 15.0. The Morgan fingerprint density at radius 2 is 1.58 bits per heavy atom. The molecule has 0 saturated heterocycles. The van der Waals surface area contributed by atoms with Crippen molar-refractivity contribution in [1.82, 2.24) is 19.3 Å². The maximum Gasteiger partial charge on any atom is 0.144 e. The van der Waals surface area contributed by atoms with E-state index in [1.54, 1.807) is 0 Å². The summed E-state index contributed by atoms with van der Waals surface area (Å²) in [4.78, 5) is 14.8. The van der Waals surface area contributed by atoms with Gasteiger partial charge in [0.1, 0.15) is 17.1 Å². The highest BCUT2D eigenvalue weighted by atomic mass is 16.5. The summed E-state index contributed by atoms with van der Waals surface area (Å²) in [5, 5.41) is 0. The summed E-state index contributed by atoms with van der Waals surface area (Å²) in [5.74, 6) is 2.20. The second-order valence-electron chi connectivity index (χ2n) is 14.3. The smallest absolute Gasteiger partial charge is 0.144 e. The monoisotopic (exact) mass is 579 g/mol. The Hall–Kier alpha value is -3.80. The zero-order valence-electron chi connectivity index (χ0n) is 28.2. The molecule has 3 aromatic heterocycles. The molecule has 0 saturated carbocycles. The number of rotatable bonds is 7. The number of hydrogen-bond donors (Lipinski definition) is 0. The molecule has 1 aromatic carbocycles. The summed E-state index contributed by atoms with van der Waals surface area (Å²) >= 11 is 0. The molecule has 43 heavy (non-hydrogen) atoms. The predicted molar refractivity (Wildman–Crippen MR) is 178 cm³/mol. The molecule has 0 atom stereocenters. The van der Waals surface area contributed by atoms with E-state index in [0.717, 1.165) is 46.5 Å². The number of fused-ring (bicyclic) bond motifs is 1. The van der Waals surface area contributed by atoms with Gasteiger partial charge in [-0.15, -0.1) is 0 Å². The van der Waals surface area contributed by atoms with Crippen LogP contribution in [0.1, 0.15) is 116 Å². The minimum Gasteiger partial charge on any atom is -0.456 e. The Bertz CT molecular complexity index is 1690. The fourth-order valence-corrected chi connectivity index (χ4v) is 6.07. The molecule has 5 rings (SSSR count). The van der Waals surface area contributed by atoms with Gasteiger partial charge in [-0.1, -0.05) is 68.4 Å². The predicted octanol–water partition coefficient (Wildman–Crippen LogP) is 9.35. The van der Waals surface area contributed by atoms with Crippen LogP contribution in [0, 0.1) is 0 Å². The van der Waals surface area contributed by atoms with Crippen molar-refractivity contribution in [1.29, 1.82) is 0 Å². The molecule has 0 unspecified atom stereocenters. The van der Waals surface area contributed by atoms with E-state index in [2.05, 4.69) is 140 Å². The van der Waals surface area contributed by atoms with Gasteiger partial charge in [-0.2, -0.15) is 0 Å². The summed E-state index contributed by atoms with van der Waals surface area (Å²) in [7, 11) is 2.13. The van der Waals surface area contributed by atoms with Crippen LogP contribution in [0.5, 0.6) is 11.5 Å². The van der Waals surface area contributed by atoms with Gasteiger partial charge in [-0.05, 0) is 67.0 Å². The Morgan fingerprint density at radius 3 is 2.19 bits per heavy atom. The van der Waals surface area contributed by atoms with Crippen LogP contribution in [-0.2, 0) is 10.8 Å². The first kappa shape index (κ1) is 30.7. The molecule has 0 fully saturated rings. The Labute approximate surface area is 258 Å². The topological polar surface area (TPSA) is 45.9 Å². The van der Waals surface area contributed by atoms with Crippen molar-refractivity contribution in [3.63, 3.8) is 0 Å². The molecule has 6 heteroatoms. The number of nitrogens with zero attached hydrogens (tertiary/aromatic N) is 5. The van der Waals surface area contributed by atoms with Gasteiger partial charge in [0.05, 0.1) is 24.3 Å². The van der Waals surface area contributed by atoms with E-state index in [-0.39, 0.29) is 5.41 Å². The van der Waals surface area contributed by atoms with Crippen molar-refractivity contribution in [3.05, 3.63) is 94.5 Å². The lowest BCUT2D eigenvalue weighted by Crippen LogP contribution is -2.24. The van der Waals surface area contributed by atoms with Crippen molar-refractivity contribution in [3.8, 4) is 11.5 Å². The number of ether oxygens (including phenoxy) is 1. The molecule has 4 heterocycles.